The van der Waals surface area contributed by atoms with Crippen molar-refractivity contribution in [1.29, 1.82) is 0 Å². The molecule has 0 saturated carbocycles. The Labute approximate surface area is 180 Å². The molecule has 1 atom stereocenters. The van der Waals surface area contributed by atoms with Crippen molar-refractivity contribution < 1.29 is 8.78 Å². The van der Waals surface area contributed by atoms with E-state index in [0.717, 1.165) is 43.2 Å². The number of nitrogens with one attached hydrogen (secondary N) is 2. The molecule has 1 unspecified atom stereocenters. The van der Waals surface area contributed by atoms with E-state index in [0.29, 0.717) is 19.6 Å². The Balaban J connectivity index is 1.32. The summed E-state index contributed by atoms with van der Waals surface area (Å²) >= 11 is 0. The van der Waals surface area contributed by atoms with Gasteiger partial charge in [0, 0.05) is 44.8 Å². The van der Waals surface area contributed by atoms with E-state index in [1.165, 1.54) is 18.2 Å². The molecule has 1 aromatic carbocycles. The monoisotopic (exact) mass is 427 g/mol. The summed E-state index contributed by atoms with van der Waals surface area (Å²) in [5, 5.41) is 15.1. The van der Waals surface area contributed by atoms with Gasteiger partial charge in [0.05, 0.1) is 0 Å². The van der Waals surface area contributed by atoms with E-state index in [4.69, 9.17) is 0 Å². The summed E-state index contributed by atoms with van der Waals surface area (Å²) in [4.78, 5) is 6.41. The van der Waals surface area contributed by atoms with Crippen LogP contribution in [0.4, 0.5) is 14.5 Å². The van der Waals surface area contributed by atoms with Crippen molar-refractivity contribution in [2.24, 2.45) is 4.99 Å². The van der Waals surface area contributed by atoms with Gasteiger partial charge in [-0.1, -0.05) is 12.1 Å². The van der Waals surface area contributed by atoms with Gasteiger partial charge in [-0.3, -0.25) is 9.39 Å². The number of aromatic nitrogens is 3. The van der Waals surface area contributed by atoms with E-state index in [9.17, 15) is 8.78 Å². The van der Waals surface area contributed by atoms with Crippen molar-refractivity contribution in [3.8, 4) is 0 Å². The largest absolute Gasteiger partial charge is 0.365 e. The van der Waals surface area contributed by atoms with Crippen molar-refractivity contribution in [3.05, 3.63) is 60.1 Å². The van der Waals surface area contributed by atoms with Crippen LogP contribution in [0.2, 0.25) is 0 Å². The predicted octanol–water partition coefficient (Wildman–Crippen LogP) is 2.77. The van der Waals surface area contributed by atoms with Crippen LogP contribution in [0.1, 0.15) is 25.6 Å². The maximum atomic E-state index is 14.1. The topological polar surface area (TPSA) is 69.8 Å². The molecule has 1 saturated heterocycles. The number of para-hydroxylation sites is 1. The smallest absolute Gasteiger partial charge is 0.191 e. The molecule has 164 valence electrons. The van der Waals surface area contributed by atoms with Gasteiger partial charge in [-0.05, 0) is 44.0 Å². The highest BCUT2D eigenvalue weighted by atomic mass is 19.1. The summed E-state index contributed by atoms with van der Waals surface area (Å²) in [5.41, 5.74) is 0.891. The van der Waals surface area contributed by atoms with Gasteiger partial charge in [0.15, 0.2) is 11.6 Å². The Morgan fingerprint density at radius 2 is 2.00 bits per heavy atom. The first-order valence-corrected chi connectivity index (χ1v) is 10.7. The van der Waals surface area contributed by atoms with Crippen molar-refractivity contribution in [3.63, 3.8) is 0 Å². The standard InChI is InChI=1S/C22H27F2N7/c1-2-25-22(26-12-6-10-20-29-28-19-9-3-4-13-31(19)20)27-16-11-14-30(15-16)21-17(23)7-5-8-18(21)24/h3-5,7-9,13,16H,2,6,10-12,14-15H2,1H3,(H2,25,26,27). The molecule has 9 heteroatoms. The fourth-order valence-corrected chi connectivity index (χ4v) is 3.88. The lowest BCUT2D eigenvalue weighted by Crippen LogP contribution is -2.44. The molecule has 2 N–H and O–H groups in total. The molecule has 31 heavy (non-hydrogen) atoms. The van der Waals surface area contributed by atoms with E-state index in [1.807, 2.05) is 35.7 Å². The van der Waals surface area contributed by atoms with Gasteiger partial charge in [-0.2, -0.15) is 0 Å². The first kappa shape index (κ1) is 21.0. The number of hydrogen-bond acceptors (Lipinski definition) is 4. The van der Waals surface area contributed by atoms with E-state index in [1.54, 1.807) is 4.90 Å². The van der Waals surface area contributed by atoms with E-state index in [2.05, 4.69) is 25.8 Å². The Morgan fingerprint density at radius 1 is 1.16 bits per heavy atom. The molecule has 0 amide bonds. The quantitative estimate of drug-likeness (QED) is 0.345. The van der Waals surface area contributed by atoms with Gasteiger partial charge in [0.2, 0.25) is 0 Å². The highest BCUT2D eigenvalue weighted by Crippen LogP contribution is 2.26. The van der Waals surface area contributed by atoms with Crippen molar-refractivity contribution in [1.82, 2.24) is 25.2 Å². The summed E-state index contributed by atoms with van der Waals surface area (Å²) in [6.07, 6.45) is 4.36. The van der Waals surface area contributed by atoms with Gasteiger partial charge in [0.1, 0.15) is 23.1 Å². The second kappa shape index (κ2) is 9.72. The highest BCUT2D eigenvalue weighted by Gasteiger charge is 2.27. The molecular weight excluding hydrogens is 400 g/mol. The number of hydrogen-bond donors (Lipinski definition) is 2. The van der Waals surface area contributed by atoms with Crippen LogP contribution in [0.25, 0.3) is 5.65 Å². The van der Waals surface area contributed by atoms with Crippen LogP contribution in [0, 0.1) is 11.6 Å². The van der Waals surface area contributed by atoms with E-state index >= 15 is 0 Å². The predicted molar refractivity (Wildman–Crippen MR) is 117 cm³/mol. The number of guanidine groups is 1. The van der Waals surface area contributed by atoms with Crippen molar-refractivity contribution in [2.75, 3.05) is 31.1 Å². The minimum absolute atomic E-state index is 0.0503. The molecule has 0 aliphatic carbocycles. The third-order valence-electron chi connectivity index (χ3n) is 5.34. The number of nitrogens with zero attached hydrogens (tertiary/aromatic N) is 5. The molecule has 0 spiro atoms. The summed E-state index contributed by atoms with van der Waals surface area (Å²) in [7, 11) is 0. The average molecular weight is 428 g/mol. The zero-order valence-corrected chi connectivity index (χ0v) is 17.6. The van der Waals surface area contributed by atoms with Gasteiger partial charge >= 0.3 is 0 Å². The summed E-state index contributed by atoms with van der Waals surface area (Å²) in [6.45, 7) is 4.49. The maximum Gasteiger partial charge on any atom is 0.191 e. The summed E-state index contributed by atoms with van der Waals surface area (Å²) in [5.74, 6) is 0.584. The zero-order chi connectivity index (χ0) is 21.6. The Bertz CT molecular complexity index is 1030. The second-order valence-corrected chi connectivity index (χ2v) is 7.56. The molecular formula is C22H27F2N7. The minimum atomic E-state index is -0.526. The average Bonchev–Trinajstić information content (AvgIpc) is 3.38. The molecule has 4 rings (SSSR count). The molecule has 0 radical (unpaired) electrons. The van der Waals surface area contributed by atoms with Gasteiger partial charge in [-0.25, -0.2) is 8.78 Å². The van der Waals surface area contributed by atoms with Crippen molar-refractivity contribution in [2.45, 2.75) is 32.2 Å². The molecule has 7 nitrogen and oxygen atoms in total. The number of rotatable bonds is 7. The van der Waals surface area contributed by atoms with Crippen LogP contribution >= 0.6 is 0 Å². The number of aliphatic imine (C=N–C) groups is 1. The third kappa shape index (κ3) is 4.92. The third-order valence-corrected chi connectivity index (χ3v) is 5.34. The molecule has 0 bridgehead atoms. The fourth-order valence-electron chi connectivity index (χ4n) is 3.88. The molecule has 1 aliphatic rings. The van der Waals surface area contributed by atoms with E-state index < -0.39 is 11.6 Å². The van der Waals surface area contributed by atoms with Gasteiger partial charge in [-0.15, -0.1) is 10.2 Å². The Morgan fingerprint density at radius 3 is 2.81 bits per heavy atom. The van der Waals surface area contributed by atoms with Crippen LogP contribution < -0.4 is 15.5 Å². The lowest BCUT2D eigenvalue weighted by Gasteiger charge is -2.21. The van der Waals surface area contributed by atoms with Crippen LogP contribution in [-0.4, -0.2) is 52.8 Å². The Kier molecular flexibility index (Phi) is 6.59. The summed E-state index contributed by atoms with van der Waals surface area (Å²) < 4.78 is 30.2. The number of benzene rings is 1. The number of aryl methyl sites for hydroxylation is 1. The van der Waals surface area contributed by atoms with E-state index in [-0.39, 0.29) is 11.7 Å². The number of fused-ring (bicyclic) bond motifs is 1. The second-order valence-electron chi connectivity index (χ2n) is 7.56. The molecule has 1 fully saturated rings. The zero-order valence-electron chi connectivity index (χ0n) is 17.6. The summed E-state index contributed by atoms with van der Waals surface area (Å²) in [6, 6.07) is 9.88. The van der Waals surface area contributed by atoms with Crippen LogP contribution in [0.5, 0.6) is 0 Å². The van der Waals surface area contributed by atoms with Crippen LogP contribution in [0.15, 0.2) is 47.6 Å². The number of pyridine rings is 1. The highest BCUT2D eigenvalue weighted by molar-refractivity contribution is 5.80. The minimum Gasteiger partial charge on any atom is -0.365 e. The SMILES string of the molecule is CCNC(=NCCCc1nnc2ccccn12)NC1CCN(c2c(F)cccc2F)C1. The fraction of sp³-hybridized carbons (Fsp3) is 0.409. The van der Waals surface area contributed by atoms with Gasteiger partial charge in [0.25, 0.3) is 0 Å². The lowest BCUT2D eigenvalue weighted by atomic mass is 10.2. The van der Waals surface area contributed by atoms with Gasteiger partial charge < -0.3 is 15.5 Å². The maximum absolute atomic E-state index is 14.1. The molecule has 3 aromatic rings. The van der Waals surface area contributed by atoms with Crippen LogP contribution in [0.3, 0.4) is 0 Å². The first-order valence-electron chi connectivity index (χ1n) is 10.7. The Hall–Kier alpha value is -3.23. The first-order chi connectivity index (χ1) is 15.2. The number of anilines is 1. The van der Waals surface area contributed by atoms with Crippen molar-refractivity contribution >= 4 is 17.3 Å². The molecule has 2 aromatic heterocycles. The normalized spacial score (nSPS) is 16.8. The lowest BCUT2D eigenvalue weighted by molar-refractivity contribution is 0.576. The van der Waals surface area contributed by atoms with Crippen LogP contribution in [-0.2, 0) is 6.42 Å². The molecule has 1 aliphatic heterocycles. The molecule has 3 heterocycles. The number of halogens is 2.